The molecule has 102 valence electrons. The highest BCUT2D eigenvalue weighted by atomic mass is 32.2. The van der Waals surface area contributed by atoms with E-state index in [2.05, 4.69) is 0 Å². The molecule has 0 radical (unpaired) electrons. The molecule has 1 heterocycles. The average molecular weight is 281 g/mol. The van der Waals surface area contributed by atoms with Gasteiger partial charge in [-0.15, -0.1) is 0 Å². The topological polar surface area (TPSA) is 96.4 Å². The van der Waals surface area contributed by atoms with Gasteiger partial charge in [-0.3, -0.25) is 0 Å². The van der Waals surface area contributed by atoms with E-state index >= 15 is 0 Å². The Hall–Kier alpha value is -1.62. The lowest BCUT2D eigenvalue weighted by molar-refractivity contribution is 0.398. The third kappa shape index (κ3) is 2.56. The average Bonchev–Trinajstić information content (AvgIpc) is 2.85. The number of sulfonamides is 1. The summed E-state index contributed by atoms with van der Waals surface area (Å²) in [7, 11) is -2.24. The van der Waals surface area contributed by atoms with Crippen LogP contribution in [-0.2, 0) is 10.0 Å². The van der Waals surface area contributed by atoms with Crippen molar-refractivity contribution in [3.05, 3.63) is 23.8 Å². The van der Waals surface area contributed by atoms with Crippen molar-refractivity contribution in [1.82, 2.24) is 4.31 Å². The maximum atomic E-state index is 12.5. The van der Waals surface area contributed by atoms with E-state index in [4.69, 9.17) is 15.7 Å². The van der Waals surface area contributed by atoms with Gasteiger partial charge in [0, 0.05) is 19.1 Å². The van der Waals surface area contributed by atoms with Crippen LogP contribution in [0.3, 0.4) is 0 Å². The molecule has 0 spiro atoms. The van der Waals surface area contributed by atoms with Crippen LogP contribution in [0.1, 0.15) is 12.0 Å². The lowest BCUT2D eigenvalue weighted by Crippen LogP contribution is -2.32. The van der Waals surface area contributed by atoms with Crippen LogP contribution in [0.15, 0.2) is 23.1 Å². The van der Waals surface area contributed by atoms with Crippen molar-refractivity contribution in [2.24, 2.45) is 5.73 Å². The van der Waals surface area contributed by atoms with Crippen LogP contribution < -0.4 is 10.5 Å². The van der Waals surface area contributed by atoms with Crippen molar-refractivity contribution < 1.29 is 13.2 Å². The molecule has 0 unspecified atom stereocenters. The number of ether oxygens (including phenoxy) is 1. The van der Waals surface area contributed by atoms with Crippen LogP contribution in [0.2, 0.25) is 0 Å². The molecule has 1 aliphatic heterocycles. The largest absolute Gasteiger partial charge is 0.495 e. The summed E-state index contributed by atoms with van der Waals surface area (Å²) in [6.45, 7) is 0.720. The molecule has 1 aromatic rings. The molecule has 1 aromatic carbocycles. The highest BCUT2D eigenvalue weighted by molar-refractivity contribution is 7.89. The number of nitrogens with zero attached hydrogens (tertiary/aromatic N) is 2. The van der Waals surface area contributed by atoms with E-state index < -0.39 is 10.0 Å². The first kappa shape index (κ1) is 13.8. The molecule has 1 fully saturated rings. The lowest BCUT2D eigenvalue weighted by atomic mass is 10.2. The van der Waals surface area contributed by atoms with Gasteiger partial charge in [0.1, 0.15) is 10.6 Å². The van der Waals surface area contributed by atoms with Crippen LogP contribution in [0.25, 0.3) is 0 Å². The number of nitrogens with two attached hydrogens (primary N) is 1. The number of nitriles is 1. The Labute approximate surface area is 112 Å². The Morgan fingerprint density at radius 3 is 2.79 bits per heavy atom. The zero-order valence-electron chi connectivity index (χ0n) is 10.5. The van der Waals surface area contributed by atoms with Crippen molar-refractivity contribution in [1.29, 1.82) is 5.26 Å². The second-order valence-corrected chi connectivity index (χ2v) is 6.30. The first-order valence-electron chi connectivity index (χ1n) is 5.83. The fourth-order valence-corrected chi connectivity index (χ4v) is 3.71. The molecule has 2 rings (SSSR count). The predicted octanol–water partition coefficient (Wildman–Crippen LogP) is 0.289. The number of rotatable bonds is 3. The minimum atomic E-state index is -3.62. The molecule has 1 atom stereocenters. The van der Waals surface area contributed by atoms with Crippen LogP contribution in [0, 0.1) is 11.3 Å². The highest BCUT2D eigenvalue weighted by Gasteiger charge is 2.32. The predicted molar refractivity (Wildman–Crippen MR) is 69.1 cm³/mol. The van der Waals surface area contributed by atoms with Crippen LogP contribution in [0.5, 0.6) is 5.75 Å². The van der Waals surface area contributed by atoms with Crippen molar-refractivity contribution in [2.75, 3.05) is 20.2 Å². The fourth-order valence-electron chi connectivity index (χ4n) is 2.06. The molecule has 0 saturated carbocycles. The molecule has 1 saturated heterocycles. The Kier molecular flexibility index (Phi) is 3.75. The summed E-state index contributed by atoms with van der Waals surface area (Å²) in [6.07, 6.45) is 0.651. The van der Waals surface area contributed by atoms with Gasteiger partial charge < -0.3 is 10.5 Å². The highest BCUT2D eigenvalue weighted by Crippen LogP contribution is 2.29. The van der Waals surface area contributed by atoms with E-state index in [1.54, 1.807) is 0 Å². The van der Waals surface area contributed by atoms with Crippen LogP contribution >= 0.6 is 0 Å². The molecule has 6 nitrogen and oxygen atoms in total. The first-order valence-corrected chi connectivity index (χ1v) is 7.27. The fraction of sp³-hybridized carbons (Fsp3) is 0.417. The molecular weight excluding hydrogens is 266 g/mol. The third-order valence-electron chi connectivity index (χ3n) is 3.10. The number of benzene rings is 1. The summed E-state index contributed by atoms with van der Waals surface area (Å²) < 4.78 is 31.4. The Bertz CT molecular complexity index is 622. The maximum Gasteiger partial charge on any atom is 0.246 e. The molecule has 0 aliphatic carbocycles. The smallest absolute Gasteiger partial charge is 0.246 e. The molecule has 0 amide bonds. The molecule has 2 N–H and O–H groups in total. The third-order valence-corrected chi connectivity index (χ3v) is 5.00. The zero-order chi connectivity index (χ0) is 14.0. The minimum absolute atomic E-state index is 0.0723. The van der Waals surface area contributed by atoms with E-state index in [0.29, 0.717) is 25.1 Å². The Morgan fingerprint density at radius 1 is 1.53 bits per heavy atom. The van der Waals surface area contributed by atoms with Gasteiger partial charge >= 0.3 is 0 Å². The second-order valence-electron chi connectivity index (χ2n) is 4.39. The molecule has 0 aromatic heterocycles. The molecule has 7 heteroatoms. The van der Waals surface area contributed by atoms with Crippen molar-refractivity contribution >= 4 is 10.0 Å². The van der Waals surface area contributed by atoms with Gasteiger partial charge in [-0.25, -0.2) is 8.42 Å². The van der Waals surface area contributed by atoms with Gasteiger partial charge in [-0.2, -0.15) is 9.57 Å². The molecule has 19 heavy (non-hydrogen) atoms. The summed E-state index contributed by atoms with van der Waals surface area (Å²) in [5, 5.41) is 8.82. The van der Waals surface area contributed by atoms with Gasteiger partial charge in [0.15, 0.2) is 0 Å². The summed E-state index contributed by atoms with van der Waals surface area (Å²) in [5.41, 5.74) is 6.09. The molecular formula is C12H15N3O3S. The van der Waals surface area contributed by atoms with Gasteiger partial charge in [0.25, 0.3) is 0 Å². The van der Waals surface area contributed by atoms with E-state index in [9.17, 15) is 8.42 Å². The standard InChI is InChI=1S/C12H15N3O3S/c1-18-11-6-9(7-13)2-3-12(11)19(16,17)15-5-4-10(14)8-15/h2-3,6,10H,4-5,8,14H2,1H3/t10-/m1/s1. The van der Waals surface area contributed by atoms with E-state index in [-0.39, 0.29) is 16.7 Å². The number of hydrogen-bond acceptors (Lipinski definition) is 5. The Morgan fingerprint density at radius 2 is 2.26 bits per heavy atom. The van der Waals surface area contributed by atoms with Gasteiger partial charge in [-0.1, -0.05) is 0 Å². The van der Waals surface area contributed by atoms with E-state index in [1.165, 1.54) is 29.6 Å². The monoisotopic (exact) mass is 281 g/mol. The van der Waals surface area contributed by atoms with E-state index in [1.807, 2.05) is 6.07 Å². The number of hydrogen-bond donors (Lipinski definition) is 1. The normalized spacial score (nSPS) is 20.2. The minimum Gasteiger partial charge on any atom is -0.495 e. The lowest BCUT2D eigenvalue weighted by Gasteiger charge is -2.17. The van der Waals surface area contributed by atoms with Gasteiger partial charge in [-0.05, 0) is 24.6 Å². The van der Waals surface area contributed by atoms with Crippen molar-refractivity contribution in [3.63, 3.8) is 0 Å². The van der Waals surface area contributed by atoms with Crippen molar-refractivity contribution in [3.8, 4) is 11.8 Å². The number of methoxy groups -OCH3 is 1. The molecule has 1 aliphatic rings. The second kappa shape index (κ2) is 5.17. The van der Waals surface area contributed by atoms with Crippen LogP contribution in [-0.4, -0.2) is 39.0 Å². The molecule has 0 bridgehead atoms. The zero-order valence-corrected chi connectivity index (χ0v) is 11.4. The van der Waals surface area contributed by atoms with Gasteiger partial charge in [0.05, 0.1) is 18.7 Å². The summed E-state index contributed by atoms with van der Waals surface area (Å²) in [6, 6.07) is 6.11. The van der Waals surface area contributed by atoms with Gasteiger partial charge in [0.2, 0.25) is 10.0 Å². The van der Waals surface area contributed by atoms with Crippen molar-refractivity contribution in [2.45, 2.75) is 17.4 Å². The summed E-state index contributed by atoms with van der Waals surface area (Å²) in [5.74, 6) is 0.180. The maximum absolute atomic E-state index is 12.5. The Balaban J connectivity index is 2.43. The SMILES string of the molecule is COc1cc(C#N)ccc1S(=O)(=O)N1CC[C@@H](N)C1. The van der Waals surface area contributed by atoms with Crippen LogP contribution in [0.4, 0.5) is 0 Å². The quantitative estimate of drug-likeness (QED) is 0.859. The summed E-state index contributed by atoms with van der Waals surface area (Å²) in [4.78, 5) is 0.0723. The first-order chi connectivity index (χ1) is 8.98. The summed E-state index contributed by atoms with van der Waals surface area (Å²) >= 11 is 0. The van der Waals surface area contributed by atoms with E-state index in [0.717, 1.165) is 0 Å².